The molecule has 16 heavy (non-hydrogen) atoms. The molecule has 0 aliphatic carbocycles. The summed E-state index contributed by atoms with van der Waals surface area (Å²) >= 11 is 0. The molecule has 0 saturated heterocycles. The van der Waals surface area contributed by atoms with E-state index in [1.54, 1.807) is 6.92 Å². The lowest BCUT2D eigenvalue weighted by molar-refractivity contribution is -0.125. The summed E-state index contributed by atoms with van der Waals surface area (Å²) in [6.07, 6.45) is 1.27. The molecule has 4 heteroatoms. The fourth-order valence-corrected chi connectivity index (χ4v) is 1.52. The first-order chi connectivity index (χ1) is 7.28. The molecule has 0 fully saturated rings. The Morgan fingerprint density at radius 3 is 2.19 bits per heavy atom. The van der Waals surface area contributed by atoms with Crippen molar-refractivity contribution in [3.63, 3.8) is 0 Å². The third-order valence-corrected chi connectivity index (χ3v) is 3.25. The van der Waals surface area contributed by atoms with Crippen molar-refractivity contribution in [3.05, 3.63) is 0 Å². The van der Waals surface area contributed by atoms with Gasteiger partial charge in [0.15, 0.2) is 5.78 Å². The Hall–Kier alpha value is -0.740. The summed E-state index contributed by atoms with van der Waals surface area (Å²) in [5.41, 5.74) is 5.04. The monoisotopic (exact) mass is 228 g/mol. The van der Waals surface area contributed by atoms with Crippen LogP contribution in [-0.2, 0) is 9.59 Å². The topological polar surface area (TPSA) is 72.2 Å². The van der Waals surface area contributed by atoms with E-state index in [0.717, 1.165) is 0 Å². The average molecular weight is 228 g/mol. The highest BCUT2D eigenvalue weighted by atomic mass is 16.1. The molecule has 0 aromatic rings. The third-order valence-electron chi connectivity index (χ3n) is 3.25. The number of ketones is 2. The van der Waals surface area contributed by atoms with Gasteiger partial charge in [0.1, 0.15) is 5.78 Å². The highest BCUT2D eigenvalue weighted by Gasteiger charge is 2.31. The van der Waals surface area contributed by atoms with Gasteiger partial charge < -0.3 is 5.73 Å². The second kappa shape index (κ2) is 6.11. The van der Waals surface area contributed by atoms with Crippen LogP contribution in [0.3, 0.4) is 0 Å². The normalized spacial score (nSPS) is 18.6. The van der Waals surface area contributed by atoms with Gasteiger partial charge in [-0.05, 0) is 33.6 Å². The lowest BCUT2D eigenvalue weighted by Gasteiger charge is -2.30. The van der Waals surface area contributed by atoms with Gasteiger partial charge in [0.25, 0.3) is 0 Å². The molecule has 3 atom stereocenters. The van der Waals surface area contributed by atoms with E-state index in [1.807, 2.05) is 20.8 Å². The van der Waals surface area contributed by atoms with Gasteiger partial charge in [-0.1, -0.05) is 13.8 Å². The molecular weight excluding hydrogens is 204 g/mol. The van der Waals surface area contributed by atoms with Crippen LogP contribution in [0.5, 0.6) is 0 Å². The zero-order valence-corrected chi connectivity index (χ0v) is 11.0. The third kappa shape index (κ3) is 3.68. The standard InChI is InChI=1S/C12H24N2O2/c1-6-10(13)11(16)8(3)14-12(5,7-2)9(4)15/h8,10,14H,6-7,13H2,1-5H3/t8-,10?,12?/m0/s1. The maximum Gasteiger partial charge on any atom is 0.166 e. The molecule has 2 unspecified atom stereocenters. The number of carbonyl (C=O) groups is 2. The second-order valence-corrected chi connectivity index (χ2v) is 4.52. The Kier molecular flexibility index (Phi) is 5.83. The SMILES string of the molecule is CCC(N)C(=O)[C@H](C)NC(C)(CC)C(C)=O. The summed E-state index contributed by atoms with van der Waals surface area (Å²) < 4.78 is 0. The number of nitrogens with one attached hydrogen (secondary N) is 1. The van der Waals surface area contributed by atoms with Crippen LogP contribution in [0.4, 0.5) is 0 Å². The Labute approximate surface area is 98.0 Å². The van der Waals surface area contributed by atoms with E-state index in [-0.39, 0.29) is 17.6 Å². The zero-order chi connectivity index (χ0) is 12.9. The Morgan fingerprint density at radius 2 is 1.88 bits per heavy atom. The molecule has 0 aliphatic rings. The fraction of sp³-hybridized carbons (Fsp3) is 0.833. The maximum atomic E-state index is 11.8. The zero-order valence-electron chi connectivity index (χ0n) is 11.0. The number of nitrogens with two attached hydrogens (primary N) is 1. The van der Waals surface area contributed by atoms with Gasteiger partial charge >= 0.3 is 0 Å². The largest absolute Gasteiger partial charge is 0.321 e. The minimum atomic E-state index is -0.636. The van der Waals surface area contributed by atoms with Crippen molar-refractivity contribution in [2.24, 2.45) is 5.73 Å². The molecule has 3 N–H and O–H groups in total. The van der Waals surface area contributed by atoms with Crippen molar-refractivity contribution in [3.8, 4) is 0 Å². The lowest BCUT2D eigenvalue weighted by Crippen LogP contribution is -2.56. The number of Topliss-reactive ketones (excluding diaryl/α,β-unsaturated/α-hetero) is 2. The second-order valence-electron chi connectivity index (χ2n) is 4.52. The summed E-state index contributed by atoms with van der Waals surface area (Å²) in [6.45, 7) is 8.91. The number of carbonyl (C=O) groups excluding carboxylic acids is 2. The first kappa shape index (κ1) is 15.3. The molecule has 0 aromatic carbocycles. The minimum absolute atomic E-state index is 0.0385. The Morgan fingerprint density at radius 1 is 1.38 bits per heavy atom. The van der Waals surface area contributed by atoms with Crippen LogP contribution >= 0.6 is 0 Å². The van der Waals surface area contributed by atoms with Crippen molar-refractivity contribution >= 4 is 11.6 Å². The highest BCUT2D eigenvalue weighted by molar-refractivity contribution is 5.90. The van der Waals surface area contributed by atoms with Gasteiger partial charge in [-0.2, -0.15) is 0 Å². The predicted molar refractivity (Wildman–Crippen MR) is 65.2 cm³/mol. The van der Waals surface area contributed by atoms with E-state index < -0.39 is 11.6 Å². The van der Waals surface area contributed by atoms with E-state index in [0.29, 0.717) is 12.8 Å². The van der Waals surface area contributed by atoms with E-state index in [2.05, 4.69) is 5.32 Å². The van der Waals surface area contributed by atoms with Gasteiger partial charge in [-0.15, -0.1) is 0 Å². The van der Waals surface area contributed by atoms with Gasteiger partial charge in [-0.3, -0.25) is 14.9 Å². The van der Waals surface area contributed by atoms with Gasteiger partial charge in [-0.25, -0.2) is 0 Å². The van der Waals surface area contributed by atoms with Crippen LogP contribution < -0.4 is 11.1 Å². The van der Waals surface area contributed by atoms with Crippen LogP contribution in [0, 0.1) is 0 Å². The van der Waals surface area contributed by atoms with E-state index in [9.17, 15) is 9.59 Å². The van der Waals surface area contributed by atoms with Gasteiger partial charge in [0, 0.05) is 0 Å². The van der Waals surface area contributed by atoms with E-state index in [1.165, 1.54) is 6.92 Å². The van der Waals surface area contributed by atoms with Crippen molar-refractivity contribution in [2.75, 3.05) is 0 Å². The Balaban J connectivity index is 4.59. The molecule has 0 rings (SSSR count). The van der Waals surface area contributed by atoms with Gasteiger partial charge in [0.05, 0.1) is 17.6 Å². The van der Waals surface area contributed by atoms with Crippen LogP contribution in [-0.4, -0.2) is 29.2 Å². The molecule has 0 radical (unpaired) electrons. The molecule has 0 bridgehead atoms. The first-order valence-electron chi connectivity index (χ1n) is 5.86. The van der Waals surface area contributed by atoms with Crippen LogP contribution in [0.1, 0.15) is 47.5 Å². The summed E-state index contributed by atoms with van der Waals surface area (Å²) in [4.78, 5) is 23.3. The smallest absolute Gasteiger partial charge is 0.166 e. The van der Waals surface area contributed by atoms with Crippen LogP contribution in [0.25, 0.3) is 0 Å². The van der Waals surface area contributed by atoms with Crippen molar-refractivity contribution < 1.29 is 9.59 Å². The average Bonchev–Trinajstić information content (AvgIpc) is 2.26. The quantitative estimate of drug-likeness (QED) is 0.682. The minimum Gasteiger partial charge on any atom is -0.321 e. The summed E-state index contributed by atoms with van der Waals surface area (Å²) in [7, 11) is 0. The first-order valence-corrected chi connectivity index (χ1v) is 5.86. The van der Waals surface area contributed by atoms with Crippen molar-refractivity contribution in [1.82, 2.24) is 5.32 Å². The summed E-state index contributed by atoms with van der Waals surface area (Å²) in [5, 5.41) is 3.08. The molecule has 0 aromatic heterocycles. The lowest BCUT2D eigenvalue weighted by atomic mass is 9.91. The molecular formula is C12H24N2O2. The molecule has 94 valence electrons. The van der Waals surface area contributed by atoms with Crippen molar-refractivity contribution in [1.29, 1.82) is 0 Å². The highest BCUT2D eigenvalue weighted by Crippen LogP contribution is 2.12. The number of hydrogen-bond acceptors (Lipinski definition) is 4. The molecule has 0 aliphatic heterocycles. The molecule has 0 heterocycles. The fourth-order valence-electron chi connectivity index (χ4n) is 1.52. The molecule has 0 saturated carbocycles. The maximum absolute atomic E-state index is 11.8. The number of rotatable bonds is 7. The Bertz CT molecular complexity index is 266. The van der Waals surface area contributed by atoms with Crippen molar-refractivity contribution in [2.45, 2.75) is 65.1 Å². The van der Waals surface area contributed by atoms with Crippen LogP contribution in [0.15, 0.2) is 0 Å². The molecule has 4 nitrogen and oxygen atoms in total. The van der Waals surface area contributed by atoms with E-state index >= 15 is 0 Å². The van der Waals surface area contributed by atoms with Gasteiger partial charge in [0.2, 0.25) is 0 Å². The number of hydrogen-bond donors (Lipinski definition) is 2. The van der Waals surface area contributed by atoms with E-state index in [4.69, 9.17) is 5.73 Å². The summed E-state index contributed by atoms with van der Waals surface area (Å²) in [5.74, 6) is 0.00291. The van der Waals surface area contributed by atoms with Crippen LogP contribution in [0.2, 0.25) is 0 Å². The molecule has 0 spiro atoms. The molecule has 0 amide bonds. The predicted octanol–water partition coefficient (Wildman–Crippen LogP) is 1.03. The summed E-state index contributed by atoms with van der Waals surface area (Å²) in [6, 6.07) is -0.834.